The Hall–Kier alpha value is -2.60. The summed E-state index contributed by atoms with van der Waals surface area (Å²) in [6.45, 7) is 1.82. The van der Waals surface area contributed by atoms with Gasteiger partial charge in [-0.25, -0.2) is 4.79 Å². The van der Waals surface area contributed by atoms with Crippen LogP contribution in [0.4, 0.5) is 17.1 Å². The standard InChI is InChI=1S/C14H11ClN2O4/c1-8-6-9(2-4-12(8)15)16-13-5-3-10(17(20)21)7-11(13)14(18)19/h2-7,16H,1H3,(H,18,19). The van der Waals surface area contributed by atoms with Crippen LogP contribution in [-0.4, -0.2) is 16.0 Å². The lowest BCUT2D eigenvalue weighted by molar-refractivity contribution is -0.384. The van der Waals surface area contributed by atoms with Crippen LogP contribution in [0.2, 0.25) is 5.02 Å². The highest BCUT2D eigenvalue weighted by Gasteiger charge is 2.16. The van der Waals surface area contributed by atoms with E-state index in [1.807, 2.05) is 6.92 Å². The first kappa shape index (κ1) is 14.8. The molecule has 0 heterocycles. The van der Waals surface area contributed by atoms with Crippen LogP contribution >= 0.6 is 11.6 Å². The van der Waals surface area contributed by atoms with Gasteiger partial charge in [0.05, 0.1) is 16.2 Å². The van der Waals surface area contributed by atoms with Crippen molar-refractivity contribution in [2.24, 2.45) is 0 Å². The molecule has 2 N–H and O–H groups in total. The first-order valence-corrected chi connectivity index (χ1v) is 6.31. The summed E-state index contributed by atoms with van der Waals surface area (Å²) >= 11 is 5.92. The highest BCUT2D eigenvalue weighted by molar-refractivity contribution is 6.31. The summed E-state index contributed by atoms with van der Waals surface area (Å²) in [6.07, 6.45) is 0. The molecular formula is C14H11ClN2O4. The van der Waals surface area contributed by atoms with E-state index in [-0.39, 0.29) is 16.9 Å². The van der Waals surface area contributed by atoms with Gasteiger partial charge in [0.2, 0.25) is 0 Å². The molecular weight excluding hydrogens is 296 g/mol. The fourth-order valence-corrected chi connectivity index (χ4v) is 1.93. The van der Waals surface area contributed by atoms with E-state index in [4.69, 9.17) is 16.7 Å². The molecule has 0 saturated carbocycles. The Balaban J connectivity index is 2.41. The van der Waals surface area contributed by atoms with Gasteiger partial charge in [0, 0.05) is 22.8 Å². The molecule has 0 amide bonds. The number of benzene rings is 2. The number of nitrogens with zero attached hydrogens (tertiary/aromatic N) is 1. The van der Waals surface area contributed by atoms with Gasteiger partial charge in [-0.2, -0.15) is 0 Å². The molecule has 2 aromatic carbocycles. The summed E-state index contributed by atoms with van der Waals surface area (Å²) in [7, 11) is 0. The zero-order chi connectivity index (χ0) is 15.6. The smallest absolute Gasteiger partial charge is 0.338 e. The van der Waals surface area contributed by atoms with E-state index in [0.29, 0.717) is 10.7 Å². The van der Waals surface area contributed by atoms with E-state index in [0.717, 1.165) is 11.6 Å². The fraction of sp³-hybridized carbons (Fsp3) is 0.0714. The van der Waals surface area contributed by atoms with Gasteiger partial charge in [-0.15, -0.1) is 0 Å². The summed E-state index contributed by atoms with van der Waals surface area (Å²) in [4.78, 5) is 21.3. The van der Waals surface area contributed by atoms with Gasteiger partial charge in [-0.05, 0) is 36.8 Å². The molecule has 108 valence electrons. The van der Waals surface area contributed by atoms with E-state index >= 15 is 0 Å². The van der Waals surface area contributed by atoms with Gasteiger partial charge in [0.25, 0.3) is 5.69 Å². The molecule has 0 aliphatic heterocycles. The number of hydrogen-bond acceptors (Lipinski definition) is 4. The van der Waals surface area contributed by atoms with Gasteiger partial charge in [0.1, 0.15) is 0 Å². The number of aryl methyl sites for hydroxylation is 1. The highest BCUT2D eigenvalue weighted by atomic mass is 35.5. The Morgan fingerprint density at radius 3 is 2.57 bits per heavy atom. The third-order valence-corrected chi connectivity index (χ3v) is 3.31. The summed E-state index contributed by atoms with van der Waals surface area (Å²) in [5.74, 6) is -1.24. The SMILES string of the molecule is Cc1cc(Nc2ccc([N+](=O)[O-])cc2C(=O)O)ccc1Cl. The zero-order valence-corrected chi connectivity index (χ0v) is 11.7. The molecule has 0 bridgehead atoms. The molecule has 2 rings (SSSR count). The number of hydrogen-bond donors (Lipinski definition) is 2. The molecule has 0 radical (unpaired) electrons. The third kappa shape index (κ3) is 3.29. The Kier molecular flexibility index (Phi) is 4.09. The average molecular weight is 307 g/mol. The van der Waals surface area contributed by atoms with Crippen LogP contribution in [0.3, 0.4) is 0 Å². The van der Waals surface area contributed by atoms with Crippen LogP contribution in [0.15, 0.2) is 36.4 Å². The molecule has 0 unspecified atom stereocenters. The lowest BCUT2D eigenvalue weighted by Crippen LogP contribution is -2.04. The van der Waals surface area contributed by atoms with E-state index < -0.39 is 10.9 Å². The normalized spacial score (nSPS) is 10.2. The quantitative estimate of drug-likeness (QED) is 0.658. The minimum Gasteiger partial charge on any atom is -0.478 e. The van der Waals surface area contributed by atoms with Crippen molar-refractivity contribution in [2.45, 2.75) is 6.92 Å². The summed E-state index contributed by atoms with van der Waals surface area (Å²) in [6, 6.07) is 8.78. The molecule has 0 spiro atoms. The van der Waals surface area contributed by atoms with Crippen molar-refractivity contribution in [1.29, 1.82) is 0 Å². The van der Waals surface area contributed by atoms with Crippen molar-refractivity contribution < 1.29 is 14.8 Å². The molecule has 2 aromatic rings. The van der Waals surface area contributed by atoms with Crippen molar-refractivity contribution >= 4 is 34.6 Å². The van der Waals surface area contributed by atoms with Crippen LogP contribution in [-0.2, 0) is 0 Å². The second-order valence-electron chi connectivity index (χ2n) is 4.38. The Bertz CT molecular complexity index is 731. The van der Waals surface area contributed by atoms with Gasteiger partial charge in [-0.3, -0.25) is 10.1 Å². The van der Waals surface area contributed by atoms with Crippen LogP contribution in [0.25, 0.3) is 0 Å². The molecule has 0 aromatic heterocycles. The lowest BCUT2D eigenvalue weighted by Gasteiger charge is -2.10. The Morgan fingerprint density at radius 2 is 2.00 bits per heavy atom. The number of nitrogens with one attached hydrogen (secondary N) is 1. The molecule has 0 aliphatic carbocycles. The predicted octanol–water partition coefficient (Wildman–Crippen LogP) is 4.00. The predicted molar refractivity (Wildman–Crippen MR) is 79.5 cm³/mol. The van der Waals surface area contributed by atoms with Crippen LogP contribution in [0, 0.1) is 17.0 Å². The summed E-state index contributed by atoms with van der Waals surface area (Å²) in [5.41, 5.74) is 1.31. The zero-order valence-electron chi connectivity index (χ0n) is 11.0. The number of carboxylic acids is 1. The number of halogens is 1. The number of rotatable bonds is 4. The number of aromatic carboxylic acids is 1. The minimum absolute atomic E-state index is 0.170. The van der Waals surface area contributed by atoms with Crippen molar-refractivity contribution in [3.63, 3.8) is 0 Å². The van der Waals surface area contributed by atoms with E-state index in [1.54, 1.807) is 18.2 Å². The largest absolute Gasteiger partial charge is 0.478 e. The van der Waals surface area contributed by atoms with Crippen molar-refractivity contribution in [3.8, 4) is 0 Å². The van der Waals surface area contributed by atoms with Crippen molar-refractivity contribution in [2.75, 3.05) is 5.32 Å². The number of carbonyl (C=O) groups is 1. The monoisotopic (exact) mass is 306 g/mol. The second-order valence-corrected chi connectivity index (χ2v) is 4.79. The number of anilines is 2. The molecule has 0 atom stereocenters. The van der Waals surface area contributed by atoms with E-state index in [2.05, 4.69) is 5.32 Å². The van der Waals surface area contributed by atoms with Gasteiger partial charge >= 0.3 is 5.97 Å². The van der Waals surface area contributed by atoms with Gasteiger partial charge < -0.3 is 10.4 Å². The van der Waals surface area contributed by atoms with Crippen LogP contribution < -0.4 is 5.32 Å². The van der Waals surface area contributed by atoms with Gasteiger partial charge in [0.15, 0.2) is 0 Å². The molecule has 6 nitrogen and oxygen atoms in total. The molecule has 0 saturated heterocycles. The molecule has 7 heteroatoms. The Labute approximate surface area is 125 Å². The average Bonchev–Trinajstić information content (AvgIpc) is 2.43. The third-order valence-electron chi connectivity index (χ3n) is 2.88. The first-order valence-electron chi connectivity index (χ1n) is 5.93. The maximum absolute atomic E-state index is 11.2. The summed E-state index contributed by atoms with van der Waals surface area (Å²) < 4.78 is 0. The number of nitro benzene ring substituents is 1. The van der Waals surface area contributed by atoms with Crippen LogP contribution in [0.5, 0.6) is 0 Å². The fourth-order valence-electron chi connectivity index (χ4n) is 1.81. The van der Waals surface area contributed by atoms with Crippen LogP contribution in [0.1, 0.15) is 15.9 Å². The maximum Gasteiger partial charge on any atom is 0.338 e. The Morgan fingerprint density at radius 1 is 1.29 bits per heavy atom. The second kappa shape index (κ2) is 5.80. The van der Waals surface area contributed by atoms with Crippen molar-refractivity contribution in [1.82, 2.24) is 0 Å². The number of nitro groups is 1. The maximum atomic E-state index is 11.2. The van der Waals surface area contributed by atoms with Crippen molar-refractivity contribution in [3.05, 3.63) is 62.7 Å². The lowest BCUT2D eigenvalue weighted by atomic mass is 10.1. The van der Waals surface area contributed by atoms with E-state index in [9.17, 15) is 14.9 Å². The minimum atomic E-state index is -1.24. The van der Waals surface area contributed by atoms with Gasteiger partial charge in [-0.1, -0.05) is 11.6 Å². The highest BCUT2D eigenvalue weighted by Crippen LogP contribution is 2.27. The number of non-ortho nitro benzene ring substituents is 1. The number of carboxylic acid groups (broad SMARTS) is 1. The van der Waals surface area contributed by atoms with E-state index in [1.165, 1.54) is 12.1 Å². The molecule has 21 heavy (non-hydrogen) atoms. The topological polar surface area (TPSA) is 92.5 Å². The molecule has 0 fully saturated rings. The summed E-state index contributed by atoms with van der Waals surface area (Å²) in [5, 5.41) is 23.4. The first-order chi connectivity index (χ1) is 9.88. The molecule has 0 aliphatic rings.